The van der Waals surface area contributed by atoms with Crippen molar-refractivity contribution in [3.8, 4) is 0 Å². The fourth-order valence-electron chi connectivity index (χ4n) is 2.72. The summed E-state index contributed by atoms with van der Waals surface area (Å²) < 4.78 is 23.6. The van der Waals surface area contributed by atoms with E-state index in [-0.39, 0.29) is 0 Å². The SMILES string of the molecule is CCCCO[Si](C)(CCCN)OCCCC.CCCO[Si](C)(CCCN)OCCC. The van der Waals surface area contributed by atoms with Crippen molar-refractivity contribution in [3.05, 3.63) is 0 Å². The van der Waals surface area contributed by atoms with E-state index >= 15 is 0 Å². The first-order valence-electron chi connectivity index (χ1n) is 12.3. The normalized spacial score (nSPS) is 12.0. The Balaban J connectivity index is 0. The zero-order chi connectivity index (χ0) is 23.1. The Bertz CT molecular complexity index is 321. The molecule has 6 nitrogen and oxygen atoms in total. The van der Waals surface area contributed by atoms with Gasteiger partial charge in [-0.05, 0) is 76.8 Å². The van der Waals surface area contributed by atoms with Crippen molar-refractivity contribution >= 4 is 17.1 Å². The van der Waals surface area contributed by atoms with E-state index in [1.54, 1.807) is 0 Å². The molecule has 184 valence electrons. The molecule has 0 aromatic heterocycles. The average Bonchev–Trinajstić information content (AvgIpc) is 2.74. The van der Waals surface area contributed by atoms with E-state index in [0.29, 0.717) is 0 Å². The van der Waals surface area contributed by atoms with E-state index in [1.165, 1.54) is 12.8 Å². The molecule has 0 unspecified atom stereocenters. The molecule has 0 heterocycles. The van der Waals surface area contributed by atoms with Gasteiger partial charge in [0.2, 0.25) is 0 Å². The van der Waals surface area contributed by atoms with Gasteiger partial charge < -0.3 is 29.2 Å². The predicted octanol–water partition coefficient (Wildman–Crippen LogP) is 5.30. The second-order valence-corrected chi connectivity index (χ2v) is 14.8. The van der Waals surface area contributed by atoms with E-state index in [0.717, 1.165) is 90.1 Å². The molecule has 0 spiro atoms. The maximum absolute atomic E-state index is 5.98. The summed E-state index contributed by atoms with van der Waals surface area (Å²) in [7, 11) is -3.82. The van der Waals surface area contributed by atoms with E-state index in [1.807, 2.05) is 0 Å². The molecule has 0 amide bonds. The zero-order valence-electron chi connectivity index (χ0n) is 21.1. The van der Waals surface area contributed by atoms with E-state index in [4.69, 9.17) is 29.2 Å². The Morgan fingerprint density at radius 1 is 0.500 bits per heavy atom. The number of nitrogens with two attached hydrogens (primary N) is 2. The first-order chi connectivity index (χ1) is 14.4. The summed E-state index contributed by atoms with van der Waals surface area (Å²) in [5, 5.41) is 0. The van der Waals surface area contributed by atoms with Crippen molar-refractivity contribution in [2.24, 2.45) is 11.5 Å². The number of rotatable bonds is 20. The second kappa shape index (κ2) is 22.4. The smallest absolute Gasteiger partial charge is 0.334 e. The third-order valence-electron chi connectivity index (χ3n) is 4.70. The van der Waals surface area contributed by atoms with Crippen molar-refractivity contribution in [2.75, 3.05) is 39.5 Å². The Kier molecular flexibility index (Phi) is 24.2. The summed E-state index contributed by atoms with van der Waals surface area (Å²) in [6.45, 7) is 17.7. The highest BCUT2D eigenvalue weighted by Gasteiger charge is 2.31. The highest BCUT2D eigenvalue weighted by atomic mass is 28.4. The highest BCUT2D eigenvalue weighted by molar-refractivity contribution is 6.66. The lowest BCUT2D eigenvalue weighted by Crippen LogP contribution is -2.39. The van der Waals surface area contributed by atoms with Crippen LogP contribution in [0.5, 0.6) is 0 Å². The van der Waals surface area contributed by atoms with Crippen molar-refractivity contribution in [1.29, 1.82) is 0 Å². The lowest BCUT2D eigenvalue weighted by Gasteiger charge is -2.27. The van der Waals surface area contributed by atoms with Crippen LogP contribution in [0.25, 0.3) is 0 Å². The van der Waals surface area contributed by atoms with Crippen molar-refractivity contribution in [1.82, 2.24) is 0 Å². The molecule has 0 saturated heterocycles. The quantitative estimate of drug-likeness (QED) is 0.187. The molecule has 0 radical (unpaired) electrons. The maximum Gasteiger partial charge on any atom is 0.334 e. The minimum Gasteiger partial charge on any atom is -0.394 e. The van der Waals surface area contributed by atoms with Crippen LogP contribution < -0.4 is 11.5 Å². The summed E-state index contributed by atoms with van der Waals surface area (Å²) in [6, 6.07) is 2.04. The van der Waals surface area contributed by atoms with Crippen LogP contribution in [0.3, 0.4) is 0 Å². The van der Waals surface area contributed by atoms with Gasteiger partial charge in [0.25, 0.3) is 0 Å². The van der Waals surface area contributed by atoms with Crippen LogP contribution in [0.15, 0.2) is 0 Å². The Morgan fingerprint density at radius 2 is 0.833 bits per heavy atom. The van der Waals surface area contributed by atoms with Gasteiger partial charge >= 0.3 is 17.1 Å². The van der Waals surface area contributed by atoms with Gasteiger partial charge in [0.15, 0.2) is 0 Å². The molecule has 0 aliphatic heterocycles. The van der Waals surface area contributed by atoms with Gasteiger partial charge in [-0.3, -0.25) is 0 Å². The van der Waals surface area contributed by atoms with Crippen LogP contribution in [0.2, 0.25) is 25.2 Å². The van der Waals surface area contributed by atoms with Gasteiger partial charge in [0.1, 0.15) is 0 Å². The third kappa shape index (κ3) is 20.1. The van der Waals surface area contributed by atoms with E-state index in [2.05, 4.69) is 40.8 Å². The first-order valence-corrected chi connectivity index (χ1v) is 17.4. The standard InChI is InChI=1S/C12H29NO2Si.C10H25NO2Si/c1-4-6-10-14-16(3,12-8-9-13)15-11-7-5-2;1-4-8-12-14(3,10-6-7-11)13-9-5-2/h4-13H2,1-3H3;4-11H2,1-3H3. The number of hydrogen-bond acceptors (Lipinski definition) is 6. The van der Waals surface area contributed by atoms with Crippen LogP contribution in [0.1, 0.15) is 79.1 Å². The molecule has 0 bridgehead atoms. The number of unbranched alkanes of at least 4 members (excludes halogenated alkanes) is 2. The van der Waals surface area contributed by atoms with Crippen LogP contribution in [0.4, 0.5) is 0 Å². The molecule has 0 atom stereocenters. The summed E-state index contributed by atoms with van der Waals surface area (Å²) in [4.78, 5) is 0. The molecule has 0 rings (SSSR count). The summed E-state index contributed by atoms with van der Waals surface area (Å²) in [6.07, 6.45) is 8.75. The molecule has 0 aromatic carbocycles. The number of hydrogen-bond donors (Lipinski definition) is 2. The first kappa shape index (κ1) is 32.4. The Hall–Kier alpha value is 0.194. The average molecular weight is 467 g/mol. The zero-order valence-corrected chi connectivity index (χ0v) is 23.1. The maximum atomic E-state index is 5.98. The topological polar surface area (TPSA) is 89.0 Å². The molecule has 30 heavy (non-hydrogen) atoms. The second-order valence-electron chi connectivity index (χ2n) is 8.15. The molecule has 4 N–H and O–H groups in total. The fourth-order valence-corrected chi connectivity index (χ4v) is 7.58. The van der Waals surface area contributed by atoms with Crippen molar-refractivity contribution in [2.45, 2.75) is 104 Å². The molecule has 8 heteroatoms. The monoisotopic (exact) mass is 466 g/mol. The van der Waals surface area contributed by atoms with Crippen molar-refractivity contribution < 1.29 is 17.7 Å². The molecule has 0 aromatic rings. The van der Waals surface area contributed by atoms with Gasteiger partial charge in [-0.1, -0.05) is 40.5 Å². The van der Waals surface area contributed by atoms with Gasteiger partial charge in [-0.25, -0.2) is 0 Å². The van der Waals surface area contributed by atoms with Gasteiger partial charge in [-0.15, -0.1) is 0 Å². The predicted molar refractivity (Wildman–Crippen MR) is 134 cm³/mol. The summed E-state index contributed by atoms with van der Waals surface area (Å²) >= 11 is 0. The fraction of sp³-hybridized carbons (Fsp3) is 1.00. The van der Waals surface area contributed by atoms with Gasteiger partial charge in [-0.2, -0.15) is 0 Å². The largest absolute Gasteiger partial charge is 0.394 e. The van der Waals surface area contributed by atoms with Crippen LogP contribution in [-0.4, -0.2) is 56.6 Å². The van der Waals surface area contributed by atoms with Gasteiger partial charge in [0, 0.05) is 26.4 Å². The van der Waals surface area contributed by atoms with Gasteiger partial charge in [0.05, 0.1) is 0 Å². The minimum absolute atomic E-state index is 0.730. The lowest BCUT2D eigenvalue weighted by atomic mass is 10.4. The van der Waals surface area contributed by atoms with E-state index in [9.17, 15) is 0 Å². The molecule has 0 aliphatic carbocycles. The van der Waals surface area contributed by atoms with Crippen LogP contribution in [-0.2, 0) is 17.7 Å². The summed E-state index contributed by atoms with van der Waals surface area (Å²) in [5.41, 5.74) is 11.1. The molecule has 0 saturated carbocycles. The molecule has 0 fully saturated rings. The summed E-state index contributed by atoms with van der Waals surface area (Å²) in [5.74, 6) is 0. The Labute approximate surface area is 190 Å². The Morgan fingerprint density at radius 3 is 1.10 bits per heavy atom. The molecule has 0 aliphatic rings. The van der Waals surface area contributed by atoms with E-state index < -0.39 is 17.1 Å². The minimum atomic E-state index is -1.92. The highest BCUT2D eigenvalue weighted by Crippen LogP contribution is 2.17. The third-order valence-corrected chi connectivity index (χ3v) is 10.5. The lowest BCUT2D eigenvalue weighted by molar-refractivity contribution is 0.168. The molecular weight excluding hydrogens is 412 g/mol. The van der Waals surface area contributed by atoms with Crippen LogP contribution >= 0.6 is 0 Å². The molecular formula is C22H54N2O4Si2. The van der Waals surface area contributed by atoms with Crippen LogP contribution in [0, 0.1) is 0 Å². The van der Waals surface area contributed by atoms with Crippen molar-refractivity contribution in [3.63, 3.8) is 0 Å².